The molecule has 0 saturated heterocycles. The maximum Gasteiger partial charge on any atom is 0.466 e. The van der Waals surface area contributed by atoms with Crippen LogP contribution in [0.5, 0.6) is 0 Å². The first-order valence-corrected chi connectivity index (χ1v) is 8.70. The molecule has 0 bridgehead atoms. The van der Waals surface area contributed by atoms with Crippen molar-refractivity contribution in [2.24, 2.45) is 0 Å². The largest absolute Gasteiger partial charge is 0.466 e. The van der Waals surface area contributed by atoms with Crippen LogP contribution in [0.25, 0.3) is 22.3 Å². The maximum absolute atomic E-state index is 8.88. The van der Waals surface area contributed by atoms with E-state index < -0.39 is 7.82 Å². The van der Waals surface area contributed by atoms with Gasteiger partial charge in [0.05, 0.1) is 0 Å². The first-order chi connectivity index (χ1) is 11.4. The molecule has 5 nitrogen and oxygen atoms in total. The van der Waals surface area contributed by atoms with E-state index in [4.69, 9.17) is 25.0 Å². The van der Waals surface area contributed by atoms with E-state index >= 15 is 0 Å². The van der Waals surface area contributed by atoms with Gasteiger partial charge in [0.2, 0.25) is 0 Å². The second-order valence-corrected chi connectivity index (χ2v) is 6.04. The number of phosphoric acid groups is 1. The Labute approximate surface area is 140 Å². The Bertz CT molecular complexity index is 824. The van der Waals surface area contributed by atoms with Gasteiger partial charge in [0.25, 0.3) is 0 Å². The highest BCUT2D eigenvalue weighted by Crippen LogP contribution is 2.36. The van der Waals surface area contributed by atoms with Crippen LogP contribution in [-0.2, 0) is 4.57 Å². The lowest BCUT2D eigenvalue weighted by Crippen LogP contribution is -1.93. The van der Waals surface area contributed by atoms with E-state index in [1.165, 1.54) is 11.1 Å². The quantitative estimate of drug-likeness (QED) is 0.420. The monoisotopic (exact) mass is 343 g/mol. The summed E-state index contributed by atoms with van der Waals surface area (Å²) in [7, 11) is -4.64. The molecule has 3 rings (SSSR count). The van der Waals surface area contributed by atoms with Gasteiger partial charge < -0.3 is 20.4 Å². The normalized spacial score (nSPS) is 10.6. The van der Waals surface area contributed by atoms with Crippen LogP contribution < -0.4 is 5.73 Å². The molecule has 0 heterocycles. The summed E-state index contributed by atoms with van der Waals surface area (Å²) in [6, 6.07) is 26.7. The van der Waals surface area contributed by atoms with Gasteiger partial charge in [0.15, 0.2) is 0 Å². The summed E-state index contributed by atoms with van der Waals surface area (Å²) in [5, 5.41) is 0. The minimum Gasteiger partial charge on any atom is -0.398 e. The Hall–Kier alpha value is -2.43. The van der Waals surface area contributed by atoms with Crippen molar-refractivity contribution in [1.82, 2.24) is 0 Å². The van der Waals surface area contributed by atoms with E-state index in [2.05, 4.69) is 30.3 Å². The van der Waals surface area contributed by atoms with Gasteiger partial charge in [-0.3, -0.25) is 0 Å². The molecular formula is C18H18NO4P. The zero-order valence-corrected chi connectivity index (χ0v) is 13.7. The number of nitrogens with two attached hydrogens (primary N) is 1. The van der Waals surface area contributed by atoms with Crippen molar-refractivity contribution in [2.75, 3.05) is 5.73 Å². The van der Waals surface area contributed by atoms with E-state index in [1.54, 1.807) is 0 Å². The number of hydrogen-bond donors (Lipinski definition) is 4. The van der Waals surface area contributed by atoms with E-state index in [0.29, 0.717) is 0 Å². The molecule has 0 unspecified atom stereocenters. The SMILES string of the molecule is Nc1cccc(-c2ccccc2)c1-c1ccccc1.O=P(O)(O)O. The number of hydrogen-bond acceptors (Lipinski definition) is 2. The molecule has 24 heavy (non-hydrogen) atoms. The third-order valence-corrected chi connectivity index (χ3v) is 3.24. The molecule has 3 aromatic carbocycles. The van der Waals surface area contributed by atoms with Crippen molar-refractivity contribution < 1.29 is 19.2 Å². The first-order valence-electron chi connectivity index (χ1n) is 7.14. The third kappa shape index (κ3) is 5.33. The first kappa shape index (κ1) is 17.9. The zero-order valence-electron chi connectivity index (χ0n) is 12.8. The molecule has 0 fully saturated rings. The second-order valence-electron chi connectivity index (χ2n) is 5.02. The minimum absolute atomic E-state index is 0.813. The van der Waals surface area contributed by atoms with Crippen molar-refractivity contribution in [3.63, 3.8) is 0 Å². The summed E-state index contributed by atoms with van der Waals surface area (Å²) in [6.07, 6.45) is 0. The Balaban J connectivity index is 0.000000368. The van der Waals surface area contributed by atoms with Gasteiger partial charge in [-0.15, -0.1) is 0 Å². The average Bonchev–Trinajstić information content (AvgIpc) is 2.55. The molecule has 5 N–H and O–H groups in total. The van der Waals surface area contributed by atoms with Crippen LogP contribution >= 0.6 is 7.82 Å². The fraction of sp³-hybridized carbons (Fsp3) is 0. The third-order valence-electron chi connectivity index (χ3n) is 3.24. The van der Waals surface area contributed by atoms with Gasteiger partial charge in [-0.2, -0.15) is 0 Å². The Morgan fingerprint density at radius 1 is 0.667 bits per heavy atom. The van der Waals surface area contributed by atoms with Crippen molar-refractivity contribution >= 4 is 13.5 Å². The average molecular weight is 343 g/mol. The van der Waals surface area contributed by atoms with Crippen molar-refractivity contribution in [3.8, 4) is 22.3 Å². The van der Waals surface area contributed by atoms with Gasteiger partial charge in [0.1, 0.15) is 0 Å². The smallest absolute Gasteiger partial charge is 0.398 e. The molecule has 0 atom stereocenters. The topological polar surface area (TPSA) is 104 Å². The van der Waals surface area contributed by atoms with E-state index in [9.17, 15) is 0 Å². The van der Waals surface area contributed by atoms with Crippen LogP contribution in [0.15, 0.2) is 78.9 Å². The Morgan fingerprint density at radius 2 is 1.12 bits per heavy atom. The predicted molar refractivity (Wildman–Crippen MR) is 96.0 cm³/mol. The molecule has 124 valence electrons. The standard InChI is InChI=1S/C18H15N.H3O4P/c19-17-13-7-12-16(14-8-3-1-4-9-14)18(17)15-10-5-2-6-11-15;1-5(2,3)4/h1-13H,19H2;(H3,1,2,3,4). The zero-order chi connectivity index (χ0) is 17.6. The summed E-state index contributed by atoms with van der Waals surface area (Å²) in [6.45, 7) is 0. The number of anilines is 1. The van der Waals surface area contributed by atoms with Crippen LogP contribution in [0.3, 0.4) is 0 Å². The number of benzene rings is 3. The summed E-state index contributed by atoms with van der Waals surface area (Å²) < 4.78 is 8.88. The fourth-order valence-electron chi connectivity index (χ4n) is 2.36. The molecular weight excluding hydrogens is 325 g/mol. The highest BCUT2D eigenvalue weighted by molar-refractivity contribution is 7.45. The molecule has 0 aromatic heterocycles. The molecule has 0 aliphatic carbocycles. The minimum atomic E-state index is -4.64. The van der Waals surface area contributed by atoms with Crippen LogP contribution in [0.1, 0.15) is 0 Å². The lowest BCUT2D eigenvalue weighted by Gasteiger charge is -2.13. The van der Waals surface area contributed by atoms with E-state index in [0.717, 1.165) is 16.8 Å². The highest BCUT2D eigenvalue weighted by Gasteiger charge is 2.09. The number of rotatable bonds is 2. The van der Waals surface area contributed by atoms with Gasteiger partial charge >= 0.3 is 7.82 Å². The van der Waals surface area contributed by atoms with Crippen molar-refractivity contribution in [3.05, 3.63) is 78.9 Å². The van der Waals surface area contributed by atoms with Gasteiger partial charge in [0, 0.05) is 11.3 Å². The van der Waals surface area contributed by atoms with Crippen LogP contribution in [0.4, 0.5) is 5.69 Å². The number of nitrogen functional groups attached to an aromatic ring is 1. The fourth-order valence-corrected chi connectivity index (χ4v) is 2.36. The van der Waals surface area contributed by atoms with Gasteiger partial charge in [-0.25, -0.2) is 4.57 Å². The Morgan fingerprint density at radius 3 is 1.62 bits per heavy atom. The van der Waals surface area contributed by atoms with Gasteiger partial charge in [-0.05, 0) is 22.8 Å². The molecule has 0 radical (unpaired) electrons. The molecule has 3 aromatic rings. The van der Waals surface area contributed by atoms with Gasteiger partial charge in [-0.1, -0.05) is 72.8 Å². The molecule has 0 aliphatic rings. The van der Waals surface area contributed by atoms with Crippen LogP contribution in [-0.4, -0.2) is 14.7 Å². The molecule has 0 spiro atoms. The summed E-state index contributed by atoms with van der Waals surface area (Å²) in [5.74, 6) is 0. The van der Waals surface area contributed by atoms with Crippen molar-refractivity contribution in [1.29, 1.82) is 0 Å². The summed E-state index contributed by atoms with van der Waals surface area (Å²) in [4.78, 5) is 21.6. The maximum atomic E-state index is 8.88. The summed E-state index contributed by atoms with van der Waals surface area (Å²) >= 11 is 0. The predicted octanol–water partition coefficient (Wildman–Crippen LogP) is 3.67. The molecule has 0 amide bonds. The van der Waals surface area contributed by atoms with E-state index in [1.807, 2.05) is 48.5 Å². The van der Waals surface area contributed by atoms with Crippen molar-refractivity contribution in [2.45, 2.75) is 0 Å². The highest BCUT2D eigenvalue weighted by atomic mass is 31.2. The lowest BCUT2D eigenvalue weighted by molar-refractivity contribution is 0.275. The Kier molecular flexibility index (Phi) is 5.90. The van der Waals surface area contributed by atoms with E-state index in [-0.39, 0.29) is 0 Å². The molecule has 0 aliphatic heterocycles. The molecule has 6 heteroatoms. The lowest BCUT2D eigenvalue weighted by atomic mass is 9.93. The van der Waals surface area contributed by atoms with Crippen LogP contribution in [0, 0.1) is 0 Å². The molecule has 0 saturated carbocycles. The summed E-state index contributed by atoms with van der Waals surface area (Å²) in [5.41, 5.74) is 11.6. The van der Waals surface area contributed by atoms with Crippen LogP contribution in [0.2, 0.25) is 0 Å². The second kappa shape index (κ2) is 7.90.